The first-order valence-corrected chi connectivity index (χ1v) is 10.4. The summed E-state index contributed by atoms with van der Waals surface area (Å²) >= 11 is 3.36. The molecule has 2 aromatic rings. The standard InChI is InChI=1S/C22H19BrN2O7/c1-4-5-19(26)31-20-15(23)8-13(10-18(20)30-3)9-16-22(27)32-21(24-16)14-7-6-12(2)17(11-14)25(28)29/h6-11H,4-5H2,1-3H3/b16-9-. The number of methoxy groups -OCH3 is 1. The number of carbonyl (C=O) groups is 2. The van der Waals surface area contributed by atoms with Crippen molar-refractivity contribution in [1.82, 2.24) is 0 Å². The average molecular weight is 503 g/mol. The van der Waals surface area contributed by atoms with Gasteiger partial charge >= 0.3 is 11.9 Å². The Morgan fingerprint density at radius 3 is 2.72 bits per heavy atom. The van der Waals surface area contributed by atoms with Gasteiger partial charge in [-0.1, -0.05) is 13.0 Å². The number of nitro benzene ring substituents is 1. The van der Waals surface area contributed by atoms with Crippen LogP contribution >= 0.6 is 15.9 Å². The van der Waals surface area contributed by atoms with Crippen LogP contribution in [0.4, 0.5) is 5.69 Å². The van der Waals surface area contributed by atoms with E-state index in [-0.39, 0.29) is 29.5 Å². The number of hydrogen-bond donors (Lipinski definition) is 0. The maximum atomic E-state index is 12.3. The van der Waals surface area contributed by atoms with Crippen molar-refractivity contribution >= 4 is 45.5 Å². The first-order chi connectivity index (χ1) is 15.2. The summed E-state index contributed by atoms with van der Waals surface area (Å²) in [6.45, 7) is 3.48. The highest BCUT2D eigenvalue weighted by atomic mass is 79.9. The lowest BCUT2D eigenvalue weighted by molar-refractivity contribution is -0.385. The molecule has 0 saturated carbocycles. The Hall–Kier alpha value is -3.53. The number of aliphatic imine (C=N–C) groups is 1. The van der Waals surface area contributed by atoms with Crippen LogP contribution in [0.2, 0.25) is 0 Å². The highest BCUT2D eigenvalue weighted by Crippen LogP contribution is 2.38. The molecule has 1 heterocycles. The number of halogens is 1. The van der Waals surface area contributed by atoms with E-state index in [4.69, 9.17) is 14.2 Å². The van der Waals surface area contributed by atoms with Crippen molar-refractivity contribution in [2.24, 2.45) is 4.99 Å². The molecule has 0 unspecified atom stereocenters. The van der Waals surface area contributed by atoms with E-state index in [0.29, 0.717) is 33.3 Å². The number of nitrogens with zero attached hydrogens (tertiary/aromatic N) is 2. The molecule has 0 saturated heterocycles. The van der Waals surface area contributed by atoms with E-state index >= 15 is 0 Å². The van der Waals surface area contributed by atoms with E-state index in [2.05, 4.69) is 20.9 Å². The number of aryl methyl sites for hydroxylation is 1. The van der Waals surface area contributed by atoms with E-state index in [1.807, 2.05) is 6.92 Å². The highest BCUT2D eigenvalue weighted by molar-refractivity contribution is 9.10. The molecular weight excluding hydrogens is 484 g/mol. The van der Waals surface area contributed by atoms with Gasteiger partial charge in [-0.15, -0.1) is 0 Å². The summed E-state index contributed by atoms with van der Waals surface area (Å²) in [5.41, 5.74) is 1.25. The van der Waals surface area contributed by atoms with Gasteiger partial charge in [0.05, 0.1) is 16.5 Å². The van der Waals surface area contributed by atoms with Gasteiger partial charge in [0.1, 0.15) is 0 Å². The molecule has 0 fully saturated rings. The summed E-state index contributed by atoms with van der Waals surface area (Å²) in [6.07, 6.45) is 2.39. The van der Waals surface area contributed by atoms with Crippen molar-refractivity contribution in [3.63, 3.8) is 0 Å². The second-order valence-corrected chi connectivity index (χ2v) is 7.71. The van der Waals surface area contributed by atoms with Crippen molar-refractivity contribution in [2.45, 2.75) is 26.7 Å². The fraction of sp³-hybridized carbons (Fsp3) is 0.227. The third-order valence-electron chi connectivity index (χ3n) is 4.50. The fourth-order valence-corrected chi connectivity index (χ4v) is 3.46. The Kier molecular flexibility index (Phi) is 7.04. The summed E-state index contributed by atoms with van der Waals surface area (Å²) in [7, 11) is 1.43. The molecule has 0 spiro atoms. The first kappa shape index (κ1) is 23.1. The van der Waals surface area contributed by atoms with Crippen LogP contribution in [0, 0.1) is 17.0 Å². The van der Waals surface area contributed by atoms with Gasteiger partial charge in [0.25, 0.3) is 5.69 Å². The average Bonchev–Trinajstić information content (AvgIpc) is 3.10. The topological polar surface area (TPSA) is 117 Å². The van der Waals surface area contributed by atoms with Crippen molar-refractivity contribution < 1.29 is 28.7 Å². The number of hydrogen-bond acceptors (Lipinski definition) is 8. The monoisotopic (exact) mass is 502 g/mol. The van der Waals surface area contributed by atoms with Gasteiger partial charge < -0.3 is 14.2 Å². The predicted octanol–water partition coefficient (Wildman–Crippen LogP) is 4.72. The van der Waals surface area contributed by atoms with Gasteiger partial charge in [0.2, 0.25) is 5.90 Å². The molecule has 10 heteroatoms. The number of carbonyl (C=O) groups excluding carboxylic acids is 2. The lowest BCUT2D eigenvalue weighted by Crippen LogP contribution is -2.08. The number of rotatable bonds is 7. The van der Waals surface area contributed by atoms with Crippen LogP contribution in [0.15, 0.2) is 45.5 Å². The number of ether oxygens (including phenoxy) is 3. The largest absolute Gasteiger partial charge is 0.493 e. The molecule has 0 radical (unpaired) electrons. The van der Waals surface area contributed by atoms with Crippen molar-refractivity contribution in [2.75, 3.05) is 7.11 Å². The molecule has 0 aliphatic carbocycles. The lowest BCUT2D eigenvalue weighted by atomic mass is 10.1. The first-order valence-electron chi connectivity index (χ1n) is 9.59. The van der Waals surface area contributed by atoms with Crippen LogP contribution in [-0.2, 0) is 14.3 Å². The summed E-state index contributed by atoms with van der Waals surface area (Å²) in [5.74, 6) is -0.589. The lowest BCUT2D eigenvalue weighted by Gasteiger charge is -2.12. The predicted molar refractivity (Wildman–Crippen MR) is 120 cm³/mol. The van der Waals surface area contributed by atoms with Gasteiger partial charge in [-0.25, -0.2) is 9.79 Å². The second kappa shape index (κ2) is 9.73. The SMILES string of the molecule is CCCC(=O)Oc1c(Br)cc(/C=C2\N=C(c3ccc(C)c([N+](=O)[O-])c3)OC2=O)cc1OC. The Morgan fingerprint density at radius 2 is 2.06 bits per heavy atom. The Labute approximate surface area is 192 Å². The van der Waals surface area contributed by atoms with Crippen LogP contribution in [0.25, 0.3) is 6.08 Å². The molecule has 3 rings (SSSR count). The smallest absolute Gasteiger partial charge is 0.363 e. The molecule has 1 aliphatic rings. The third-order valence-corrected chi connectivity index (χ3v) is 5.09. The Morgan fingerprint density at radius 1 is 1.31 bits per heavy atom. The summed E-state index contributed by atoms with van der Waals surface area (Å²) in [4.78, 5) is 39.0. The molecule has 0 atom stereocenters. The fourth-order valence-electron chi connectivity index (χ4n) is 2.92. The van der Waals surface area contributed by atoms with Gasteiger partial charge in [0, 0.05) is 23.6 Å². The molecule has 166 valence electrons. The number of benzene rings is 2. The molecule has 2 aromatic carbocycles. The Bertz CT molecular complexity index is 1170. The zero-order valence-corrected chi connectivity index (χ0v) is 19.1. The molecule has 0 N–H and O–H groups in total. The molecule has 0 aromatic heterocycles. The molecule has 0 bridgehead atoms. The van der Waals surface area contributed by atoms with Gasteiger partial charge in [0.15, 0.2) is 17.2 Å². The number of nitro groups is 1. The second-order valence-electron chi connectivity index (χ2n) is 6.85. The van der Waals surface area contributed by atoms with Gasteiger partial charge in [-0.3, -0.25) is 14.9 Å². The van der Waals surface area contributed by atoms with Gasteiger partial charge in [-0.05, 0) is 59.1 Å². The molecule has 0 amide bonds. The van der Waals surface area contributed by atoms with Crippen molar-refractivity contribution in [1.29, 1.82) is 0 Å². The van der Waals surface area contributed by atoms with E-state index in [9.17, 15) is 19.7 Å². The maximum Gasteiger partial charge on any atom is 0.363 e. The molecule has 9 nitrogen and oxygen atoms in total. The molecule has 1 aliphatic heterocycles. The van der Waals surface area contributed by atoms with Crippen LogP contribution in [0.3, 0.4) is 0 Å². The summed E-state index contributed by atoms with van der Waals surface area (Å²) < 4.78 is 16.3. The van der Waals surface area contributed by atoms with Crippen LogP contribution in [0.5, 0.6) is 11.5 Å². The van der Waals surface area contributed by atoms with Gasteiger partial charge in [-0.2, -0.15) is 0 Å². The minimum absolute atomic E-state index is 0.00732. The van der Waals surface area contributed by atoms with Crippen molar-refractivity contribution in [3.8, 4) is 11.5 Å². The maximum absolute atomic E-state index is 12.3. The molecule has 32 heavy (non-hydrogen) atoms. The van der Waals surface area contributed by atoms with E-state index < -0.39 is 16.9 Å². The minimum Gasteiger partial charge on any atom is -0.493 e. The van der Waals surface area contributed by atoms with Crippen LogP contribution in [0.1, 0.15) is 36.5 Å². The van der Waals surface area contributed by atoms with E-state index in [1.54, 1.807) is 31.2 Å². The van der Waals surface area contributed by atoms with E-state index in [1.165, 1.54) is 19.3 Å². The molecular formula is C22H19BrN2O7. The Balaban J connectivity index is 1.94. The summed E-state index contributed by atoms with van der Waals surface area (Å²) in [5, 5.41) is 11.2. The zero-order valence-electron chi connectivity index (χ0n) is 17.5. The minimum atomic E-state index is -0.697. The quantitative estimate of drug-likeness (QED) is 0.176. The highest BCUT2D eigenvalue weighted by Gasteiger charge is 2.26. The summed E-state index contributed by atoms with van der Waals surface area (Å²) in [6, 6.07) is 7.69. The van der Waals surface area contributed by atoms with Crippen LogP contribution < -0.4 is 9.47 Å². The normalized spacial score (nSPS) is 14.2. The number of cyclic esters (lactones) is 1. The number of esters is 2. The van der Waals surface area contributed by atoms with Crippen molar-refractivity contribution in [3.05, 3.63) is 67.3 Å². The van der Waals surface area contributed by atoms with E-state index in [0.717, 1.165) is 0 Å². The third kappa shape index (κ3) is 5.02. The van der Waals surface area contributed by atoms with Crippen LogP contribution in [-0.4, -0.2) is 29.9 Å². The zero-order chi connectivity index (χ0) is 23.4.